The lowest BCUT2D eigenvalue weighted by Gasteiger charge is -2.26. The number of hydrogen-bond donors (Lipinski definition) is 1. The molecule has 0 saturated carbocycles. The van der Waals surface area contributed by atoms with Crippen molar-refractivity contribution >= 4 is 46.8 Å². The Morgan fingerprint density at radius 2 is 2.11 bits per heavy atom. The maximum Gasteiger partial charge on any atom is 0.322 e. The lowest BCUT2D eigenvalue weighted by Crippen LogP contribution is -2.43. The molecule has 0 aromatic carbocycles. The fraction of sp³-hybridized carbons (Fsp3) is 0.600. The molecule has 18 heavy (non-hydrogen) atoms. The minimum absolute atomic E-state index is 0.0656. The van der Waals surface area contributed by atoms with E-state index < -0.39 is 0 Å². The van der Waals surface area contributed by atoms with Gasteiger partial charge in [-0.3, -0.25) is 0 Å². The molecule has 0 aliphatic carbocycles. The van der Waals surface area contributed by atoms with Crippen molar-refractivity contribution in [2.24, 2.45) is 0 Å². The maximum atomic E-state index is 12.1. The molecule has 2 amide bonds. The zero-order valence-electron chi connectivity index (χ0n) is 10.3. The van der Waals surface area contributed by atoms with Gasteiger partial charge in [-0.1, -0.05) is 0 Å². The number of anilines is 1. The van der Waals surface area contributed by atoms with Crippen molar-refractivity contribution in [3.63, 3.8) is 0 Å². The van der Waals surface area contributed by atoms with Crippen molar-refractivity contribution in [3.8, 4) is 0 Å². The van der Waals surface area contributed by atoms with Crippen LogP contribution in [-0.4, -0.2) is 54.1 Å². The van der Waals surface area contributed by atoms with Crippen molar-refractivity contribution in [2.75, 3.05) is 44.1 Å². The monoisotopic (exact) mass is 305 g/mol. The average molecular weight is 305 g/mol. The lowest BCUT2D eigenvalue weighted by molar-refractivity contribution is 0.0564. The summed E-state index contributed by atoms with van der Waals surface area (Å²) in [5, 5.41) is 3.85. The van der Waals surface area contributed by atoms with Gasteiger partial charge in [0.25, 0.3) is 0 Å². The topological polar surface area (TPSA) is 54.5 Å². The number of nitrogens with one attached hydrogen (secondary N) is 1. The van der Waals surface area contributed by atoms with E-state index in [4.69, 9.17) is 4.74 Å². The first kappa shape index (κ1) is 14.0. The van der Waals surface area contributed by atoms with E-state index in [0.29, 0.717) is 26.3 Å². The molecule has 1 aromatic heterocycles. The van der Waals surface area contributed by atoms with Crippen molar-refractivity contribution in [3.05, 3.63) is 0 Å². The molecule has 0 unspecified atom stereocenters. The number of morpholine rings is 1. The van der Waals surface area contributed by atoms with Crippen LogP contribution in [0.5, 0.6) is 0 Å². The minimum Gasteiger partial charge on any atom is -0.378 e. The summed E-state index contributed by atoms with van der Waals surface area (Å²) in [6.07, 6.45) is 3.95. The molecule has 1 aromatic rings. The second kappa shape index (κ2) is 6.65. The van der Waals surface area contributed by atoms with Crippen LogP contribution in [0.15, 0.2) is 9.24 Å². The smallest absolute Gasteiger partial charge is 0.322 e. The Labute approximate surface area is 119 Å². The first-order valence-electron chi connectivity index (χ1n) is 5.47. The van der Waals surface area contributed by atoms with Crippen LogP contribution in [0, 0.1) is 0 Å². The van der Waals surface area contributed by atoms with Gasteiger partial charge in [0, 0.05) is 13.1 Å². The van der Waals surface area contributed by atoms with Crippen molar-refractivity contribution in [1.29, 1.82) is 0 Å². The highest BCUT2D eigenvalue weighted by atomic mass is 32.2. The van der Waals surface area contributed by atoms with Crippen LogP contribution < -0.4 is 5.32 Å². The largest absolute Gasteiger partial charge is 0.378 e. The van der Waals surface area contributed by atoms with Gasteiger partial charge in [0.2, 0.25) is 0 Å². The van der Waals surface area contributed by atoms with Crippen LogP contribution in [0.1, 0.15) is 0 Å². The molecule has 2 rings (SSSR count). The fourth-order valence-electron chi connectivity index (χ4n) is 1.60. The number of aromatic nitrogens is 1. The second-order valence-corrected chi connectivity index (χ2v) is 6.23. The number of urea groups is 1. The Hall–Kier alpha value is -0.440. The summed E-state index contributed by atoms with van der Waals surface area (Å²) in [4.78, 5) is 13.9. The Kier molecular flexibility index (Phi) is 5.16. The second-order valence-electron chi connectivity index (χ2n) is 3.59. The van der Waals surface area contributed by atoms with E-state index in [1.54, 1.807) is 28.4 Å². The molecule has 0 spiro atoms. The Bertz CT molecular complexity index is 397. The number of amides is 2. The van der Waals surface area contributed by atoms with Gasteiger partial charge in [0.15, 0.2) is 0 Å². The van der Waals surface area contributed by atoms with Crippen LogP contribution in [0.3, 0.4) is 0 Å². The van der Waals surface area contributed by atoms with Gasteiger partial charge in [-0.25, -0.2) is 4.79 Å². The molecular formula is C10H15N3O2S3. The standard InChI is InChI=1S/C10H15N3O2S3/c1-16-8-7(9(17-2)18-12-8)11-10(14)13-3-5-15-6-4-13/h3-6H2,1-2H3,(H,11,14). The molecule has 1 fully saturated rings. The zero-order valence-corrected chi connectivity index (χ0v) is 12.7. The van der Waals surface area contributed by atoms with Gasteiger partial charge in [0.1, 0.15) is 14.9 Å². The summed E-state index contributed by atoms with van der Waals surface area (Å²) in [5.74, 6) is 0. The molecule has 0 bridgehead atoms. The number of thioether (sulfide) groups is 2. The van der Waals surface area contributed by atoms with Crippen LogP contribution >= 0.6 is 35.1 Å². The third-order valence-corrected chi connectivity index (χ3v) is 5.28. The summed E-state index contributed by atoms with van der Waals surface area (Å²) in [6, 6.07) is -0.0656. The summed E-state index contributed by atoms with van der Waals surface area (Å²) in [6.45, 7) is 2.51. The van der Waals surface area contributed by atoms with E-state index in [1.165, 1.54) is 11.5 Å². The number of carbonyl (C=O) groups excluding carboxylic acids is 1. The number of carbonyl (C=O) groups is 1. The molecule has 1 N–H and O–H groups in total. The highest BCUT2D eigenvalue weighted by Crippen LogP contribution is 2.37. The quantitative estimate of drug-likeness (QED) is 0.869. The number of nitrogens with zero attached hydrogens (tertiary/aromatic N) is 2. The normalized spacial score (nSPS) is 15.8. The Morgan fingerprint density at radius 1 is 1.39 bits per heavy atom. The third kappa shape index (κ3) is 3.11. The van der Waals surface area contributed by atoms with E-state index >= 15 is 0 Å². The number of hydrogen-bond acceptors (Lipinski definition) is 6. The molecule has 1 saturated heterocycles. The van der Waals surface area contributed by atoms with Crippen LogP contribution in [-0.2, 0) is 4.74 Å². The van der Waals surface area contributed by atoms with Gasteiger partial charge in [-0.15, -0.1) is 23.5 Å². The first-order chi connectivity index (χ1) is 8.76. The molecule has 0 atom stereocenters. The summed E-state index contributed by atoms with van der Waals surface area (Å²) in [5.41, 5.74) is 0.844. The van der Waals surface area contributed by atoms with Gasteiger partial charge in [-0.2, -0.15) is 4.37 Å². The third-order valence-electron chi connectivity index (χ3n) is 2.54. The average Bonchev–Trinajstić information content (AvgIpc) is 2.81. The highest BCUT2D eigenvalue weighted by Gasteiger charge is 2.20. The molecule has 100 valence electrons. The van der Waals surface area contributed by atoms with Gasteiger partial charge in [-0.05, 0) is 24.0 Å². The zero-order chi connectivity index (χ0) is 13.0. The van der Waals surface area contributed by atoms with Crippen LogP contribution in [0.25, 0.3) is 0 Å². The fourth-order valence-corrected chi connectivity index (χ4v) is 3.75. The summed E-state index contributed by atoms with van der Waals surface area (Å²) in [7, 11) is 0. The Balaban J connectivity index is 2.07. The van der Waals surface area contributed by atoms with E-state index in [0.717, 1.165) is 14.9 Å². The van der Waals surface area contributed by atoms with Crippen molar-refractivity contribution in [1.82, 2.24) is 9.27 Å². The van der Waals surface area contributed by atoms with Crippen LogP contribution in [0.4, 0.5) is 10.5 Å². The van der Waals surface area contributed by atoms with E-state index in [9.17, 15) is 4.79 Å². The van der Waals surface area contributed by atoms with Gasteiger partial charge < -0.3 is 15.0 Å². The molecule has 0 radical (unpaired) electrons. The number of ether oxygens (including phenoxy) is 1. The van der Waals surface area contributed by atoms with E-state index in [-0.39, 0.29) is 6.03 Å². The minimum atomic E-state index is -0.0656. The SMILES string of the molecule is CSc1nsc(SC)c1NC(=O)N1CCOCC1. The molecular weight excluding hydrogens is 290 g/mol. The first-order valence-corrected chi connectivity index (χ1v) is 8.70. The predicted molar refractivity (Wildman–Crippen MR) is 77.1 cm³/mol. The predicted octanol–water partition coefficient (Wildman–Crippen LogP) is 2.45. The highest BCUT2D eigenvalue weighted by molar-refractivity contribution is 8.01. The summed E-state index contributed by atoms with van der Waals surface area (Å²) < 4.78 is 10.6. The Morgan fingerprint density at radius 3 is 2.72 bits per heavy atom. The molecule has 2 heterocycles. The lowest BCUT2D eigenvalue weighted by atomic mass is 10.4. The van der Waals surface area contributed by atoms with Crippen molar-refractivity contribution < 1.29 is 9.53 Å². The van der Waals surface area contributed by atoms with E-state index in [2.05, 4.69) is 9.69 Å². The number of rotatable bonds is 3. The molecule has 1 aliphatic rings. The summed E-state index contributed by atoms with van der Waals surface area (Å²) >= 11 is 4.58. The molecule has 8 heteroatoms. The van der Waals surface area contributed by atoms with E-state index in [1.807, 2.05) is 12.5 Å². The van der Waals surface area contributed by atoms with Gasteiger partial charge >= 0.3 is 6.03 Å². The van der Waals surface area contributed by atoms with Crippen molar-refractivity contribution in [2.45, 2.75) is 9.24 Å². The maximum absolute atomic E-state index is 12.1. The van der Waals surface area contributed by atoms with Crippen LogP contribution in [0.2, 0.25) is 0 Å². The van der Waals surface area contributed by atoms with Gasteiger partial charge in [0.05, 0.1) is 13.2 Å². The molecule has 1 aliphatic heterocycles. The molecule has 5 nitrogen and oxygen atoms in total.